The quantitative estimate of drug-likeness (QED) is 0.175. The van der Waals surface area contributed by atoms with Gasteiger partial charge >= 0.3 is 6.18 Å². The zero-order chi connectivity index (χ0) is 24.4. The van der Waals surface area contributed by atoms with Crippen LogP contribution in [0.2, 0.25) is 18.1 Å². The van der Waals surface area contributed by atoms with E-state index >= 15 is 0 Å². The topological polar surface area (TPSA) is 72.2 Å². The summed E-state index contributed by atoms with van der Waals surface area (Å²) in [6, 6.07) is 1.10. The Morgan fingerprint density at radius 1 is 0.812 bits per heavy atom. The summed E-state index contributed by atoms with van der Waals surface area (Å²) in [5.41, 5.74) is 3.57. The lowest BCUT2D eigenvalue weighted by molar-refractivity contribution is -0.137. The summed E-state index contributed by atoms with van der Waals surface area (Å²) >= 11 is 0. The van der Waals surface area contributed by atoms with Crippen LogP contribution < -0.4 is 10.5 Å². The molecule has 32 heavy (non-hydrogen) atoms. The fourth-order valence-corrected chi connectivity index (χ4v) is 3.24. The van der Waals surface area contributed by atoms with E-state index in [1.807, 2.05) is 0 Å². The molecule has 0 aromatic heterocycles. The molecule has 1 rings (SSSR count). The van der Waals surface area contributed by atoms with Gasteiger partial charge < -0.3 is 29.1 Å². The number of ether oxygens (including phenoxy) is 4. The summed E-state index contributed by atoms with van der Waals surface area (Å²) in [7, 11) is -1.76. The van der Waals surface area contributed by atoms with Crippen LogP contribution >= 0.6 is 0 Å². The molecule has 6 nitrogen and oxygen atoms in total. The molecule has 1 aromatic rings. The molecule has 0 bridgehead atoms. The molecule has 0 aliphatic heterocycles. The predicted molar refractivity (Wildman–Crippen MR) is 117 cm³/mol. The van der Waals surface area contributed by atoms with Gasteiger partial charge in [-0.3, -0.25) is 0 Å². The third kappa shape index (κ3) is 10.0. The Morgan fingerprint density at radius 3 is 1.75 bits per heavy atom. The summed E-state index contributed by atoms with van der Waals surface area (Å²) < 4.78 is 79.2. The van der Waals surface area contributed by atoms with E-state index in [0.717, 1.165) is 0 Å². The molecule has 0 atom stereocenters. The van der Waals surface area contributed by atoms with Crippen LogP contribution in [0.5, 0.6) is 5.75 Å². The van der Waals surface area contributed by atoms with Gasteiger partial charge in [0.05, 0.1) is 57.5 Å². The van der Waals surface area contributed by atoms with Crippen LogP contribution in [0.15, 0.2) is 12.1 Å². The van der Waals surface area contributed by atoms with Crippen molar-refractivity contribution in [2.45, 2.75) is 45.1 Å². The summed E-state index contributed by atoms with van der Waals surface area (Å²) in [6.07, 6.45) is -4.64. The Balaban J connectivity index is 2.08. The van der Waals surface area contributed by atoms with Crippen molar-refractivity contribution in [2.24, 2.45) is 0 Å². The highest BCUT2D eigenvalue weighted by Gasteiger charge is 2.36. The second-order valence-electron chi connectivity index (χ2n) is 8.67. The molecule has 0 aliphatic rings. The number of nitrogen functional groups attached to an aromatic ring is 1. The summed E-state index contributed by atoms with van der Waals surface area (Å²) in [5.74, 6) is -1.59. The van der Waals surface area contributed by atoms with Gasteiger partial charge in [-0.1, -0.05) is 20.8 Å². The standard InChI is InChI=1S/C21H35F4NO5Si/c1-20(2,3)32(4,5)31-13-11-29-9-7-27-6-8-28-10-12-30-18-15-16(21(23,24)25)14-17(26)19(18)22/h14-15H,6-13,26H2,1-5H3. The van der Waals surface area contributed by atoms with Gasteiger partial charge in [0.1, 0.15) is 6.61 Å². The van der Waals surface area contributed by atoms with Crippen LogP contribution in [0, 0.1) is 5.82 Å². The Kier molecular flexibility index (Phi) is 11.4. The SMILES string of the molecule is CC(C)(C)[Si](C)(C)OCCOCCOCCOCCOc1cc(C(F)(F)F)cc(N)c1F. The maximum atomic E-state index is 13.8. The van der Waals surface area contributed by atoms with Gasteiger partial charge in [-0.25, -0.2) is 4.39 Å². The van der Waals surface area contributed by atoms with Crippen LogP contribution in [0.1, 0.15) is 26.3 Å². The van der Waals surface area contributed by atoms with Crippen LogP contribution in [-0.2, 0) is 24.8 Å². The van der Waals surface area contributed by atoms with Crippen molar-refractivity contribution in [3.05, 3.63) is 23.5 Å². The highest BCUT2D eigenvalue weighted by molar-refractivity contribution is 6.74. The van der Waals surface area contributed by atoms with E-state index in [9.17, 15) is 17.6 Å². The molecule has 2 N–H and O–H groups in total. The number of hydrogen-bond donors (Lipinski definition) is 1. The first-order valence-electron chi connectivity index (χ1n) is 10.4. The molecular weight excluding hydrogens is 450 g/mol. The van der Waals surface area contributed by atoms with Gasteiger partial charge in [0.25, 0.3) is 0 Å². The highest BCUT2D eigenvalue weighted by atomic mass is 28.4. The van der Waals surface area contributed by atoms with Gasteiger partial charge in [-0.2, -0.15) is 13.2 Å². The lowest BCUT2D eigenvalue weighted by Crippen LogP contribution is -2.41. The molecule has 0 fully saturated rings. The zero-order valence-corrected chi connectivity index (χ0v) is 20.4. The van der Waals surface area contributed by atoms with E-state index in [-0.39, 0.29) is 24.9 Å². The molecule has 11 heteroatoms. The molecule has 0 amide bonds. The van der Waals surface area contributed by atoms with Gasteiger partial charge in [0, 0.05) is 0 Å². The zero-order valence-electron chi connectivity index (χ0n) is 19.4. The molecular formula is C21H35F4NO5Si. The Morgan fingerprint density at radius 2 is 1.28 bits per heavy atom. The van der Waals surface area contributed by atoms with Crippen LogP contribution in [0.3, 0.4) is 0 Å². The van der Waals surface area contributed by atoms with Crippen molar-refractivity contribution in [1.29, 1.82) is 0 Å². The maximum absolute atomic E-state index is 13.8. The highest BCUT2D eigenvalue weighted by Crippen LogP contribution is 2.36. The number of benzene rings is 1. The monoisotopic (exact) mass is 485 g/mol. The summed E-state index contributed by atoms with van der Waals surface area (Å²) in [6.45, 7) is 13.3. The minimum atomic E-state index is -4.64. The molecule has 0 spiro atoms. The first kappa shape index (κ1) is 28.6. The fraction of sp³-hybridized carbons (Fsp3) is 0.714. The molecule has 186 valence electrons. The Hall–Kier alpha value is -1.40. The molecule has 1 aromatic carbocycles. The molecule has 0 aliphatic carbocycles. The Bertz CT molecular complexity index is 696. The van der Waals surface area contributed by atoms with Crippen molar-refractivity contribution >= 4 is 14.0 Å². The van der Waals surface area contributed by atoms with Crippen LogP contribution in [0.4, 0.5) is 23.2 Å². The van der Waals surface area contributed by atoms with E-state index in [4.69, 9.17) is 29.1 Å². The van der Waals surface area contributed by atoms with Gasteiger partial charge in [0.15, 0.2) is 19.9 Å². The average molecular weight is 486 g/mol. The smallest absolute Gasteiger partial charge is 0.416 e. The first-order valence-corrected chi connectivity index (χ1v) is 13.3. The van der Waals surface area contributed by atoms with E-state index in [0.29, 0.717) is 45.2 Å². The van der Waals surface area contributed by atoms with Crippen molar-refractivity contribution in [3.63, 3.8) is 0 Å². The van der Waals surface area contributed by atoms with Crippen molar-refractivity contribution in [1.82, 2.24) is 0 Å². The molecule has 0 saturated heterocycles. The molecule has 0 heterocycles. The van der Waals surface area contributed by atoms with Gasteiger partial charge in [-0.05, 0) is 30.3 Å². The summed E-state index contributed by atoms with van der Waals surface area (Å²) in [4.78, 5) is 0. The lowest BCUT2D eigenvalue weighted by atomic mass is 10.1. The lowest BCUT2D eigenvalue weighted by Gasteiger charge is -2.36. The minimum absolute atomic E-state index is 0.0558. The maximum Gasteiger partial charge on any atom is 0.416 e. The van der Waals surface area contributed by atoms with Gasteiger partial charge in [0.2, 0.25) is 0 Å². The number of nitrogens with two attached hydrogens (primary N) is 1. The normalized spacial score (nSPS) is 12.9. The van der Waals surface area contributed by atoms with Gasteiger partial charge in [-0.15, -0.1) is 0 Å². The van der Waals surface area contributed by atoms with E-state index in [2.05, 4.69) is 33.9 Å². The van der Waals surface area contributed by atoms with Crippen molar-refractivity contribution in [3.8, 4) is 5.75 Å². The first-order chi connectivity index (χ1) is 14.8. The predicted octanol–water partition coefficient (Wildman–Crippen LogP) is 4.88. The number of halogens is 4. The number of rotatable bonds is 14. The second kappa shape index (κ2) is 12.7. The molecule has 0 unspecified atom stereocenters. The summed E-state index contributed by atoms with van der Waals surface area (Å²) in [5, 5.41) is 0.162. The largest absolute Gasteiger partial charge is 0.488 e. The number of hydrogen-bond acceptors (Lipinski definition) is 6. The number of alkyl halides is 3. The van der Waals surface area contributed by atoms with Crippen LogP contribution in [-0.4, -0.2) is 61.2 Å². The van der Waals surface area contributed by atoms with Crippen molar-refractivity contribution < 1.29 is 40.9 Å². The third-order valence-electron chi connectivity index (χ3n) is 5.12. The van der Waals surface area contributed by atoms with Crippen molar-refractivity contribution in [2.75, 3.05) is 58.6 Å². The average Bonchev–Trinajstić information content (AvgIpc) is 2.66. The van der Waals surface area contributed by atoms with E-state index < -0.39 is 37.3 Å². The van der Waals surface area contributed by atoms with E-state index in [1.54, 1.807) is 0 Å². The minimum Gasteiger partial charge on any atom is -0.488 e. The third-order valence-corrected chi connectivity index (χ3v) is 9.66. The second-order valence-corrected chi connectivity index (χ2v) is 13.5. The molecule has 0 saturated carbocycles. The van der Waals surface area contributed by atoms with E-state index in [1.165, 1.54) is 0 Å². The van der Waals surface area contributed by atoms with Crippen LogP contribution in [0.25, 0.3) is 0 Å². The fourth-order valence-electron chi connectivity index (χ4n) is 2.21. The Labute approximate surface area is 188 Å². The number of anilines is 1. The molecule has 0 radical (unpaired) electrons.